The van der Waals surface area contributed by atoms with Gasteiger partial charge in [0.2, 0.25) is 0 Å². The zero-order valence-corrected chi connectivity index (χ0v) is 11.8. The van der Waals surface area contributed by atoms with Crippen molar-refractivity contribution >= 4 is 21.4 Å². The van der Waals surface area contributed by atoms with E-state index in [4.69, 9.17) is 4.74 Å². The number of ether oxygens (including phenoxy) is 1. The molecule has 1 aliphatic rings. The van der Waals surface area contributed by atoms with Crippen LogP contribution in [0, 0.1) is 0 Å². The number of hydrogen-bond acceptors (Lipinski definition) is 3. The standard InChI is InChI=1S/C15H19NOS/c1-3-11-12-5-4-6-13(17-2)15(12)18-14(11)9-16-10-7-8-10/h4-6,10,16H,3,7-9H2,1-2H3. The molecule has 1 fully saturated rings. The molecular weight excluding hydrogens is 242 g/mol. The summed E-state index contributed by atoms with van der Waals surface area (Å²) in [6.07, 6.45) is 3.78. The lowest BCUT2D eigenvalue weighted by Crippen LogP contribution is -2.15. The molecule has 0 saturated heterocycles. The van der Waals surface area contributed by atoms with E-state index in [0.29, 0.717) is 0 Å². The van der Waals surface area contributed by atoms with Crippen LogP contribution in [-0.2, 0) is 13.0 Å². The Morgan fingerprint density at radius 1 is 1.39 bits per heavy atom. The van der Waals surface area contributed by atoms with Crippen LogP contribution in [0.2, 0.25) is 0 Å². The minimum Gasteiger partial charge on any atom is -0.495 e. The molecule has 1 aromatic carbocycles. The molecule has 96 valence electrons. The quantitative estimate of drug-likeness (QED) is 0.885. The lowest BCUT2D eigenvalue weighted by Gasteiger charge is -2.03. The molecule has 0 amide bonds. The third kappa shape index (κ3) is 2.13. The van der Waals surface area contributed by atoms with E-state index in [1.165, 1.54) is 33.4 Å². The Bertz CT molecular complexity index is 557. The van der Waals surface area contributed by atoms with Crippen LogP contribution in [-0.4, -0.2) is 13.2 Å². The zero-order valence-electron chi connectivity index (χ0n) is 11.0. The fourth-order valence-corrected chi connectivity index (χ4v) is 3.74. The number of nitrogens with one attached hydrogen (secondary N) is 1. The van der Waals surface area contributed by atoms with E-state index in [0.717, 1.165) is 24.8 Å². The van der Waals surface area contributed by atoms with E-state index in [2.05, 4.69) is 30.4 Å². The minimum absolute atomic E-state index is 0.766. The highest BCUT2D eigenvalue weighted by molar-refractivity contribution is 7.19. The summed E-state index contributed by atoms with van der Waals surface area (Å²) in [5.41, 5.74) is 1.49. The summed E-state index contributed by atoms with van der Waals surface area (Å²) in [4.78, 5) is 1.48. The summed E-state index contributed by atoms with van der Waals surface area (Å²) < 4.78 is 6.76. The predicted octanol–water partition coefficient (Wildman–Crippen LogP) is 3.72. The molecule has 1 aromatic heterocycles. The fraction of sp³-hybridized carbons (Fsp3) is 0.467. The third-order valence-corrected chi connectivity index (χ3v) is 4.83. The van der Waals surface area contributed by atoms with Crippen LogP contribution in [0.25, 0.3) is 10.1 Å². The van der Waals surface area contributed by atoms with Gasteiger partial charge in [-0.15, -0.1) is 11.3 Å². The van der Waals surface area contributed by atoms with E-state index in [1.54, 1.807) is 7.11 Å². The second-order valence-electron chi connectivity index (χ2n) is 4.85. The molecule has 1 aliphatic carbocycles. The molecule has 0 radical (unpaired) electrons. The molecule has 0 bridgehead atoms. The molecule has 0 unspecified atom stereocenters. The molecule has 1 saturated carbocycles. The number of hydrogen-bond donors (Lipinski definition) is 1. The summed E-state index contributed by atoms with van der Waals surface area (Å²) in [5.74, 6) is 1.00. The van der Waals surface area contributed by atoms with Crippen molar-refractivity contribution in [3.63, 3.8) is 0 Å². The van der Waals surface area contributed by atoms with Crippen LogP contribution in [0.4, 0.5) is 0 Å². The Balaban J connectivity index is 2.00. The first kappa shape index (κ1) is 12.0. The van der Waals surface area contributed by atoms with Crippen LogP contribution in [0.3, 0.4) is 0 Å². The van der Waals surface area contributed by atoms with Gasteiger partial charge in [-0.3, -0.25) is 0 Å². The van der Waals surface area contributed by atoms with Crippen molar-refractivity contribution in [1.82, 2.24) is 5.32 Å². The summed E-state index contributed by atoms with van der Waals surface area (Å²) in [5, 5.41) is 4.99. The normalized spacial score (nSPS) is 15.2. The molecular formula is C15H19NOS. The van der Waals surface area contributed by atoms with Gasteiger partial charge in [-0.05, 0) is 36.3 Å². The zero-order chi connectivity index (χ0) is 12.5. The largest absolute Gasteiger partial charge is 0.495 e. The molecule has 2 aromatic rings. The van der Waals surface area contributed by atoms with E-state index < -0.39 is 0 Å². The fourth-order valence-electron chi connectivity index (χ4n) is 2.41. The van der Waals surface area contributed by atoms with Crippen LogP contribution < -0.4 is 10.1 Å². The molecule has 2 nitrogen and oxygen atoms in total. The second kappa shape index (κ2) is 4.90. The highest BCUT2D eigenvalue weighted by atomic mass is 32.1. The maximum atomic E-state index is 5.47. The highest BCUT2D eigenvalue weighted by Crippen LogP contribution is 2.38. The lowest BCUT2D eigenvalue weighted by molar-refractivity contribution is 0.420. The van der Waals surface area contributed by atoms with Gasteiger partial charge in [0.15, 0.2) is 0 Å². The van der Waals surface area contributed by atoms with Gasteiger partial charge in [-0.25, -0.2) is 0 Å². The third-order valence-electron chi connectivity index (χ3n) is 3.57. The first-order chi connectivity index (χ1) is 8.83. The number of benzene rings is 1. The molecule has 1 heterocycles. The van der Waals surface area contributed by atoms with Gasteiger partial charge in [0.1, 0.15) is 5.75 Å². The average molecular weight is 261 g/mol. The van der Waals surface area contributed by atoms with Gasteiger partial charge >= 0.3 is 0 Å². The number of fused-ring (bicyclic) bond motifs is 1. The molecule has 0 aliphatic heterocycles. The van der Waals surface area contributed by atoms with Crippen molar-refractivity contribution in [2.45, 2.75) is 38.8 Å². The highest BCUT2D eigenvalue weighted by Gasteiger charge is 2.21. The molecule has 0 atom stereocenters. The Kier molecular flexibility index (Phi) is 3.27. The maximum Gasteiger partial charge on any atom is 0.136 e. The molecule has 18 heavy (non-hydrogen) atoms. The second-order valence-corrected chi connectivity index (χ2v) is 5.95. The van der Waals surface area contributed by atoms with Crippen molar-refractivity contribution in [2.75, 3.05) is 7.11 Å². The van der Waals surface area contributed by atoms with Crippen LogP contribution in [0.1, 0.15) is 30.2 Å². The van der Waals surface area contributed by atoms with Gasteiger partial charge in [0.05, 0.1) is 11.8 Å². The van der Waals surface area contributed by atoms with Crippen molar-refractivity contribution in [1.29, 1.82) is 0 Å². The monoisotopic (exact) mass is 261 g/mol. The summed E-state index contributed by atoms with van der Waals surface area (Å²) >= 11 is 1.88. The average Bonchev–Trinajstić information content (AvgIpc) is 3.15. The lowest BCUT2D eigenvalue weighted by atomic mass is 10.1. The Hall–Kier alpha value is -1.06. The van der Waals surface area contributed by atoms with Crippen molar-refractivity contribution in [3.8, 4) is 5.75 Å². The van der Waals surface area contributed by atoms with Crippen molar-refractivity contribution in [2.24, 2.45) is 0 Å². The minimum atomic E-state index is 0.766. The Morgan fingerprint density at radius 2 is 2.22 bits per heavy atom. The number of rotatable bonds is 5. The van der Waals surface area contributed by atoms with Gasteiger partial charge in [0, 0.05) is 17.5 Å². The SMILES string of the molecule is CCc1c(CNC2CC2)sc2c(OC)cccc12. The van der Waals surface area contributed by atoms with Crippen molar-refractivity contribution in [3.05, 3.63) is 28.6 Å². The molecule has 1 N–H and O–H groups in total. The Morgan fingerprint density at radius 3 is 2.89 bits per heavy atom. The van der Waals surface area contributed by atoms with E-state index in [1.807, 2.05) is 11.3 Å². The summed E-state index contributed by atoms with van der Waals surface area (Å²) in [7, 11) is 1.75. The maximum absolute atomic E-state index is 5.47. The van der Waals surface area contributed by atoms with Crippen LogP contribution in [0.5, 0.6) is 5.75 Å². The number of aryl methyl sites for hydroxylation is 1. The van der Waals surface area contributed by atoms with Crippen molar-refractivity contribution < 1.29 is 4.74 Å². The Labute approximate surface area is 112 Å². The van der Waals surface area contributed by atoms with Gasteiger partial charge in [0.25, 0.3) is 0 Å². The van der Waals surface area contributed by atoms with Crippen LogP contribution >= 0.6 is 11.3 Å². The molecule has 0 spiro atoms. The molecule has 3 rings (SSSR count). The summed E-state index contributed by atoms with van der Waals surface area (Å²) in [6, 6.07) is 7.12. The topological polar surface area (TPSA) is 21.3 Å². The van der Waals surface area contributed by atoms with E-state index >= 15 is 0 Å². The molecule has 3 heteroatoms. The predicted molar refractivity (Wildman–Crippen MR) is 77.6 cm³/mol. The number of methoxy groups -OCH3 is 1. The summed E-state index contributed by atoms with van der Waals surface area (Å²) in [6.45, 7) is 3.25. The van der Waals surface area contributed by atoms with Gasteiger partial charge in [-0.1, -0.05) is 19.1 Å². The van der Waals surface area contributed by atoms with E-state index in [9.17, 15) is 0 Å². The van der Waals surface area contributed by atoms with E-state index in [-0.39, 0.29) is 0 Å². The van der Waals surface area contributed by atoms with Gasteiger partial charge in [-0.2, -0.15) is 0 Å². The smallest absolute Gasteiger partial charge is 0.136 e. The number of thiophene rings is 1. The first-order valence-corrected chi connectivity index (χ1v) is 7.45. The van der Waals surface area contributed by atoms with Crippen LogP contribution in [0.15, 0.2) is 18.2 Å². The first-order valence-electron chi connectivity index (χ1n) is 6.64. The van der Waals surface area contributed by atoms with Gasteiger partial charge < -0.3 is 10.1 Å².